The summed E-state index contributed by atoms with van der Waals surface area (Å²) >= 11 is 0. The van der Waals surface area contributed by atoms with Crippen LogP contribution in [0, 0.1) is 0 Å². The highest BCUT2D eigenvalue weighted by Gasteiger charge is 2.12. The summed E-state index contributed by atoms with van der Waals surface area (Å²) in [6, 6.07) is 9.31. The van der Waals surface area contributed by atoms with E-state index in [2.05, 4.69) is 6.92 Å². The minimum atomic E-state index is -0.866. The van der Waals surface area contributed by atoms with Gasteiger partial charge in [-0.25, -0.2) is 4.79 Å². The van der Waals surface area contributed by atoms with Crippen LogP contribution < -0.4 is 4.90 Å². The molecule has 3 heteroatoms. The number of anilines is 1. The van der Waals surface area contributed by atoms with E-state index in [1.807, 2.05) is 30.3 Å². The van der Waals surface area contributed by atoms with Gasteiger partial charge < -0.3 is 5.11 Å². The highest BCUT2D eigenvalue weighted by Crippen LogP contribution is 2.15. The summed E-state index contributed by atoms with van der Waals surface area (Å²) in [6.45, 7) is 2.78. The predicted molar refractivity (Wildman–Crippen MR) is 75.2 cm³/mol. The van der Waals surface area contributed by atoms with Crippen LogP contribution in [-0.2, 0) is 0 Å². The van der Waals surface area contributed by atoms with Gasteiger partial charge in [0.05, 0.1) is 0 Å². The van der Waals surface area contributed by atoms with Crippen molar-refractivity contribution in [2.75, 3.05) is 11.4 Å². The van der Waals surface area contributed by atoms with Crippen molar-refractivity contribution < 1.29 is 9.90 Å². The molecule has 0 saturated carbocycles. The normalized spacial score (nSPS) is 10.3. The molecule has 0 aliphatic carbocycles. The summed E-state index contributed by atoms with van der Waals surface area (Å²) in [6.07, 6.45) is 6.16. The number of amides is 1. The molecule has 0 fully saturated rings. The number of hydrogen-bond donors (Lipinski definition) is 1. The van der Waals surface area contributed by atoms with Gasteiger partial charge in [0.2, 0.25) is 0 Å². The molecule has 0 bridgehead atoms. The van der Waals surface area contributed by atoms with E-state index in [0.29, 0.717) is 6.54 Å². The Balaban J connectivity index is 2.34. The van der Waals surface area contributed by atoms with Gasteiger partial charge >= 0.3 is 6.09 Å². The Kier molecular flexibility index (Phi) is 6.92. The zero-order chi connectivity index (χ0) is 13.2. The van der Waals surface area contributed by atoms with Gasteiger partial charge in [-0.15, -0.1) is 0 Å². The molecule has 0 unspecified atom stereocenters. The SMILES string of the molecule is CCCCCCCCN(C(=O)O)c1ccccc1. The molecule has 3 nitrogen and oxygen atoms in total. The van der Waals surface area contributed by atoms with Crippen molar-refractivity contribution in [1.82, 2.24) is 0 Å². The van der Waals surface area contributed by atoms with E-state index >= 15 is 0 Å². The topological polar surface area (TPSA) is 40.5 Å². The van der Waals surface area contributed by atoms with Gasteiger partial charge in [0.15, 0.2) is 0 Å². The average Bonchev–Trinajstić information content (AvgIpc) is 2.38. The van der Waals surface area contributed by atoms with Crippen LogP contribution in [0.15, 0.2) is 30.3 Å². The number of carboxylic acid groups (broad SMARTS) is 1. The number of benzene rings is 1. The van der Waals surface area contributed by atoms with Crippen LogP contribution in [-0.4, -0.2) is 17.7 Å². The first-order valence-corrected chi connectivity index (χ1v) is 6.81. The van der Waals surface area contributed by atoms with Gasteiger partial charge in [0.1, 0.15) is 0 Å². The maximum absolute atomic E-state index is 11.2. The zero-order valence-electron chi connectivity index (χ0n) is 11.1. The highest BCUT2D eigenvalue weighted by atomic mass is 16.4. The number of para-hydroxylation sites is 1. The van der Waals surface area contributed by atoms with Crippen LogP contribution in [0.4, 0.5) is 10.5 Å². The predicted octanol–water partition coefficient (Wildman–Crippen LogP) is 4.53. The molecule has 0 spiro atoms. The molecule has 1 aromatic rings. The Morgan fingerprint density at radius 1 is 1.06 bits per heavy atom. The van der Waals surface area contributed by atoms with E-state index in [-0.39, 0.29) is 0 Å². The summed E-state index contributed by atoms with van der Waals surface area (Å²) in [4.78, 5) is 12.6. The lowest BCUT2D eigenvalue weighted by atomic mass is 10.1. The van der Waals surface area contributed by atoms with Crippen LogP contribution in [0.5, 0.6) is 0 Å². The smallest absolute Gasteiger partial charge is 0.411 e. The Morgan fingerprint density at radius 2 is 1.67 bits per heavy atom. The highest BCUT2D eigenvalue weighted by molar-refractivity contribution is 5.85. The maximum Gasteiger partial charge on any atom is 0.411 e. The van der Waals surface area contributed by atoms with E-state index in [0.717, 1.165) is 18.5 Å². The van der Waals surface area contributed by atoms with E-state index in [4.69, 9.17) is 0 Å². The summed E-state index contributed by atoms with van der Waals surface area (Å²) in [5, 5.41) is 9.19. The number of hydrogen-bond acceptors (Lipinski definition) is 1. The lowest BCUT2D eigenvalue weighted by molar-refractivity contribution is 0.201. The first-order valence-electron chi connectivity index (χ1n) is 6.81. The molecule has 18 heavy (non-hydrogen) atoms. The minimum Gasteiger partial charge on any atom is -0.465 e. The fraction of sp³-hybridized carbons (Fsp3) is 0.533. The Morgan fingerprint density at radius 3 is 2.28 bits per heavy atom. The van der Waals surface area contributed by atoms with E-state index in [1.165, 1.54) is 30.6 Å². The Labute approximate surface area is 109 Å². The van der Waals surface area contributed by atoms with E-state index in [9.17, 15) is 9.90 Å². The second-order valence-electron chi connectivity index (χ2n) is 4.54. The first kappa shape index (κ1) is 14.6. The Bertz CT molecular complexity index is 338. The molecular formula is C15H23NO2. The fourth-order valence-electron chi connectivity index (χ4n) is 1.99. The van der Waals surface area contributed by atoms with E-state index in [1.54, 1.807) is 0 Å². The van der Waals surface area contributed by atoms with Crippen LogP contribution in [0.3, 0.4) is 0 Å². The molecule has 1 rings (SSSR count). The number of rotatable bonds is 8. The molecular weight excluding hydrogens is 226 g/mol. The second kappa shape index (κ2) is 8.56. The molecule has 0 aliphatic heterocycles. The van der Waals surface area contributed by atoms with Crippen molar-refractivity contribution in [3.8, 4) is 0 Å². The van der Waals surface area contributed by atoms with Gasteiger partial charge in [0.25, 0.3) is 0 Å². The minimum absolute atomic E-state index is 0.589. The molecule has 0 radical (unpaired) electrons. The molecule has 0 aromatic heterocycles. The molecule has 0 aliphatic rings. The van der Waals surface area contributed by atoms with E-state index < -0.39 is 6.09 Å². The van der Waals surface area contributed by atoms with Gasteiger partial charge in [-0.2, -0.15) is 0 Å². The van der Waals surface area contributed by atoms with Gasteiger partial charge in [-0.05, 0) is 18.6 Å². The standard InChI is InChI=1S/C15H23NO2/c1-2-3-4-5-6-10-13-16(15(17)18)14-11-8-7-9-12-14/h7-9,11-12H,2-6,10,13H2,1H3,(H,17,18). The maximum atomic E-state index is 11.2. The molecule has 0 saturated heterocycles. The van der Waals surface area contributed by atoms with Crippen molar-refractivity contribution in [3.05, 3.63) is 30.3 Å². The largest absolute Gasteiger partial charge is 0.465 e. The van der Waals surface area contributed by atoms with Gasteiger partial charge in [-0.3, -0.25) is 4.90 Å². The first-order chi connectivity index (χ1) is 8.75. The van der Waals surface area contributed by atoms with Gasteiger partial charge in [0, 0.05) is 12.2 Å². The monoisotopic (exact) mass is 249 g/mol. The van der Waals surface area contributed by atoms with Crippen molar-refractivity contribution >= 4 is 11.8 Å². The van der Waals surface area contributed by atoms with Crippen molar-refractivity contribution in [2.45, 2.75) is 45.4 Å². The number of unbranched alkanes of at least 4 members (excludes halogenated alkanes) is 5. The number of carbonyl (C=O) groups is 1. The summed E-state index contributed by atoms with van der Waals surface area (Å²) in [5.74, 6) is 0. The quantitative estimate of drug-likeness (QED) is 0.687. The molecule has 0 atom stereocenters. The third-order valence-electron chi connectivity index (χ3n) is 3.03. The van der Waals surface area contributed by atoms with Crippen molar-refractivity contribution in [2.24, 2.45) is 0 Å². The summed E-state index contributed by atoms with van der Waals surface area (Å²) in [5.41, 5.74) is 0.763. The lowest BCUT2D eigenvalue weighted by Crippen LogP contribution is -2.30. The summed E-state index contributed by atoms with van der Waals surface area (Å²) in [7, 11) is 0. The second-order valence-corrected chi connectivity index (χ2v) is 4.54. The van der Waals surface area contributed by atoms with Crippen LogP contribution in [0.2, 0.25) is 0 Å². The molecule has 1 aromatic carbocycles. The number of nitrogens with zero attached hydrogens (tertiary/aromatic N) is 1. The van der Waals surface area contributed by atoms with Crippen molar-refractivity contribution in [1.29, 1.82) is 0 Å². The average molecular weight is 249 g/mol. The van der Waals surface area contributed by atoms with Crippen LogP contribution >= 0.6 is 0 Å². The summed E-state index contributed by atoms with van der Waals surface area (Å²) < 4.78 is 0. The molecule has 1 N–H and O–H groups in total. The zero-order valence-corrected chi connectivity index (χ0v) is 11.1. The van der Waals surface area contributed by atoms with Crippen LogP contribution in [0.25, 0.3) is 0 Å². The third-order valence-corrected chi connectivity index (χ3v) is 3.03. The Hall–Kier alpha value is -1.51. The molecule has 0 heterocycles. The molecule has 100 valence electrons. The third kappa shape index (κ3) is 5.21. The fourth-order valence-corrected chi connectivity index (χ4v) is 1.99. The van der Waals surface area contributed by atoms with Gasteiger partial charge in [-0.1, -0.05) is 57.2 Å². The van der Waals surface area contributed by atoms with Crippen LogP contribution in [0.1, 0.15) is 45.4 Å². The molecule has 1 amide bonds. The van der Waals surface area contributed by atoms with Crippen molar-refractivity contribution in [3.63, 3.8) is 0 Å². The lowest BCUT2D eigenvalue weighted by Gasteiger charge is -2.19.